The zero-order valence-electron chi connectivity index (χ0n) is 19.7. The minimum Gasteiger partial charge on any atom is -0.494 e. The summed E-state index contributed by atoms with van der Waals surface area (Å²) in [4.78, 5) is 17.2. The van der Waals surface area contributed by atoms with Crippen molar-refractivity contribution in [2.45, 2.75) is 57.0 Å². The molecule has 2 aromatic carbocycles. The topological polar surface area (TPSA) is 69.0 Å². The van der Waals surface area contributed by atoms with Crippen molar-refractivity contribution in [2.24, 2.45) is 0 Å². The number of rotatable bonds is 10. The van der Waals surface area contributed by atoms with Crippen LogP contribution in [0.25, 0.3) is 0 Å². The first-order chi connectivity index (χ1) is 16.5. The SMILES string of the molecule is CCCCCOc1ccc(C2C(C(C)=O)=C(C)Nc3nc(SCc4ccccc4F)nn32)cc1. The molecule has 0 amide bonds. The molecule has 1 aliphatic heterocycles. The minimum absolute atomic E-state index is 0.0309. The molecule has 0 spiro atoms. The molecule has 0 saturated carbocycles. The molecule has 6 nitrogen and oxygen atoms in total. The lowest BCUT2D eigenvalue weighted by atomic mass is 9.93. The summed E-state index contributed by atoms with van der Waals surface area (Å²) in [6.45, 7) is 6.29. The third kappa shape index (κ3) is 5.33. The average molecular weight is 481 g/mol. The monoisotopic (exact) mass is 480 g/mol. The molecule has 178 valence electrons. The molecule has 1 aliphatic rings. The van der Waals surface area contributed by atoms with Crippen LogP contribution in [-0.2, 0) is 10.5 Å². The van der Waals surface area contributed by atoms with Gasteiger partial charge in [0.15, 0.2) is 5.78 Å². The molecule has 3 aromatic rings. The summed E-state index contributed by atoms with van der Waals surface area (Å²) < 4.78 is 21.6. The van der Waals surface area contributed by atoms with E-state index in [1.807, 2.05) is 37.3 Å². The van der Waals surface area contributed by atoms with Crippen molar-refractivity contribution in [3.63, 3.8) is 0 Å². The average Bonchev–Trinajstić information content (AvgIpc) is 3.23. The number of nitrogens with one attached hydrogen (secondary N) is 1. The first kappa shape index (κ1) is 24.0. The predicted molar refractivity (Wildman–Crippen MR) is 133 cm³/mol. The molecule has 1 N–H and O–H groups in total. The number of thioether (sulfide) groups is 1. The highest BCUT2D eigenvalue weighted by atomic mass is 32.2. The van der Waals surface area contributed by atoms with Crippen molar-refractivity contribution in [2.75, 3.05) is 11.9 Å². The van der Waals surface area contributed by atoms with Crippen molar-refractivity contribution in [1.82, 2.24) is 14.8 Å². The van der Waals surface area contributed by atoms with Gasteiger partial charge < -0.3 is 10.1 Å². The first-order valence-electron chi connectivity index (χ1n) is 11.5. The quantitative estimate of drug-likeness (QED) is 0.277. The standard InChI is InChI=1S/C26H29FN4O2S/c1-4-5-8-15-33-21-13-11-19(12-14-21)24-23(18(3)32)17(2)28-25-29-26(30-31(24)25)34-16-20-9-6-7-10-22(20)27/h6-7,9-14,24H,4-5,8,15-16H2,1-3H3,(H,28,29,30). The maximum atomic E-state index is 14.0. The number of ketones is 1. The second-order valence-electron chi connectivity index (χ2n) is 8.29. The lowest BCUT2D eigenvalue weighted by Crippen LogP contribution is -2.27. The number of Topliss-reactive ketones (excluding diaryl/α,β-unsaturated/α-hetero) is 1. The number of unbranched alkanes of at least 4 members (excludes halogenated alkanes) is 2. The Kier molecular flexibility index (Phi) is 7.67. The van der Waals surface area contributed by atoms with Gasteiger partial charge in [-0.1, -0.05) is 61.9 Å². The van der Waals surface area contributed by atoms with Gasteiger partial charge in [0.1, 0.15) is 17.6 Å². The number of nitrogens with zero attached hydrogens (tertiary/aromatic N) is 3. The van der Waals surface area contributed by atoms with Crippen molar-refractivity contribution >= 4 is 23.5 Å². The minimum atomic E-state index is -0.404. The number of carbonyl (C=O) groups is 1. The number of anilines is 1. The van der Waals surface area contributed by atoms with Gasteiger partial charge in [0.25, 0.3) is 0 Å². The number of benzene rings is 2. The van der Waals surface area contributed by atoms with Crippen LogP contribution in [0.15, 0.2) is 65.0 Å². The second kappa shape index (κ2) is 10.9. The zero-order chi connectivity index (χ0) is 24.1. The maximum Gasteiger partial charge on any atom is 0.227 e. The van der Waals surface area contributed by atoms with Crippen LogP contribution in [0.1, 0.15) is 57.2 Å². The van der Waals surface area contributed by atoms with Crippen LogP contribution in [0.4, 0.5) is 10.3 Å². The normalized spacial score (nSPS) is 15.1. The molecule has 0 aliphatic carbocycles. The molecule has 0 fully saturated rings. The van der Waals surface area contributed by atoms with Crippen LogP contribution in [0, 0.1) is 5.82 Å². The van der Waals surface area contributed by atoms with E-state index < -0.39 is 6.04 Å². The van der Waals surface area contributed by atoms with E-state index >= 15 is 0 Å². The third-order valence-electron chi connectivity index (χ3n) is 5.74. The Balaban J connectivity index is 1.58. The van der Waals surface area contributed by atoms with Gasteiger partial charge in [-0.2, -0.15) is 4.98 Å². The van der Waals surface area contributed by atoms with Gasteiger partial charge in [-0.05, 0) is 49.6 Å². The van der Waals surface area contributed by atoms with Crippen LogP contribution >= 0.6 is 11.8 Å². The number of hydrogen-bond donors (Lipinski definition) is 1. The fourth-order valence-electron chi connectivity index (χ4n) is 4.00. The van der Waals surface area contributed by atoms with E-state index in [9.17, 15) is 9.18 Å². The Morgan fingerprint density at radius 1 is 1.18 bits per heavy atom. The van der Waals surface area contributed by atoms with Gasteiger partial charge >= 0.3 is 0 Å². The lowest BCUT2D eigenvalue weighted by molar-refractivity contribution is -0.114. The Bertz CT molecular complexity index is 1190. The molecule has 1 atom stereocenters. The molecule has 0 saturated heterocycles. The summed E-state index contributed by atoms with van der Waals surface area (Å²) in [5.41, 5.74) is 2.91. The van der Waals surface area contributed by atoms with Gasteiger partial charge in [-0.25, -0.2) is 9.07 Å². The fourth-order valence-corrected chi connectivity index (χ4v) is 4.82. The number of halogens is 1. The largest absolute Gasteiger partial charge is 0.494 e. The highest BCUT2D eigenvalue weighted by Gasteiger charge is 2.32. The number of aromatic nitrogens is 3. The number of carbonyl (C=O) groups excluding carboxylic acids is 1. The Morgan fingerprint density at radius 2 is 1.94 bits per heavy atom. The molecule has 4 rings (SSSR count). The first-order valence-corrected chi connectivity index (χ1v) is 12.5. The van der Waals surface area contributed by atoms with E-state index in [1.165, 1.54) is 17.8 Å². The van der Waals surface area contributed by atoms with Gasteiger partial charge in [-0.3, -0.25) is 4.79 Å². The third-order valence-corrected chi connectivity index (χ3v) is 6.63. The molecular formula is C26H29FN4O2S. The van der Waals surface area contributed by atoms with E-state index in [0.717, 1.165) is 36.3 Å². The van der Waals surface area contributed by atoms with Crippen LogP contribution in [0.2, 0.25) is 0 Å². The van der Waals surface area contributed by atoms with Crippen LogP contribution < -0.4 is 10.1 Å². The summed E-state index contributed by atoms with van der Waals surface area (Å²) >= 11 is 1.36. The van der Waals surface area contributed by atoms with E-state index in [4.69, 9.17) is 4.74 Å². The van der Waals surface area contributed by atoms with Crippen LogP contribution in [0.5, 0.6) is 5.75 Å². The van der Waals surface area contributed by atoms with Gasteiger partial charge in [0.2, 0.25) is 11.1 Å². The molecule has 2 heterocycles. The van der Waals surface area contributed by atoms with E-state index in [-0.39, 0.29) is 11.6 Å². The molecule has 0 radical (unpaired) electrons. The Hall–Kier alpha value is -3.13. The molecule has 1 unspecified atom stereocenters. The van der Waals surface area contributed by atoms with E-state index in [2.05, 4.69) is 22.3 Å². The number of allylic oxidation sites excluding steroid dienone is 2. The molecule has 0 bridgehead atoms. The fraction of sp³-hybridized carbons (Fsp3) is 0.346. The predicted octanol–water partition coefficient (Wildman–Crippen LogP) is 6.16. The summed E-state index contributed by atoms with van der Waals surface area (Å²) in [6.07, 6.45) is 3.32. The molecule has 8 heteroatoms. The highest BCUT2D eigenvalue weighted by Crippen LogP contribution is 2.37. The Labute approximate surface area is 203 Å². The summed E-state index contributed by atoms with van der Waals surface area (Å²) in [7, 11) is 0. The number of fused-ring (bicyclic) bond motifs is 1. The summed E-state index contributed by atoms with van der Waals surface area (Å²) in [6, 6.07) is 14.1. The summed E-state index contributed by atoms with van der Waals surface area (Å²) in [5, 5.41) is 8.40. The molecule has 34 heavy (non-hydrogen) atoms. The van der Waals surface area contributed by atoms with Gasteiger partial charge in [0, 0.05) is 17.0 Å². The van der Waals surface area contributed by atoms with Crippen LogP contribution in [-0.4, -0.2) is 27.2 Å². The number of hydrogen-bond acceptors (Lipinski definition) is 6. The van der Waals surface area contributed by atoms with E-state index in [1.54, 1.807) is 23.7 Å². The molecule has 1 aromatic heterocycles. The molecular weight excluding hydrogens is 451 g/mol. The van der Waals surface area contributed by atoms with Crippen molar-refractivity contribution in [3.05, 3.63) is 76.7 Å². The number of ether oxygens (including phenoxy) is 1. The lowest BCUT2D eigenvalue weighted by Gasteiger charge is -2.28. The zero-order valence-corrected chi connectivity index (χ0v) is 20.5. The van der Waals surface area contributed by atoms with Gasteiger partial charge in [-0.15, -0.1) is 5.10 Å². The Morgan fingerprint density at radius 3 is 2.65 bits per heavy atom. The summed E-state index contributed by atoms with van der Waals surface area (Å²) in [5.74, 6) is 1.50. The van der Waals surface area contributed by atoms with Crippen molar-refractivity contribution < 1.29 is 13.9 Å². The van der Waals surface area contributed by atoms with Crippen molar-refractivity contribution in [1.29, 1.82) is 0 Å². The second-order valence-corrected chi connectivity index (χ2v) is 9.23. The van der Waals surface area contributed by atoms with Crippen molar-refractivity contribution in [3.8, 4) is 5.75 Å². The smallest absolute Gasteiger partial charge is 0.227 e. The van der Waals surface area contributed by atoms with Crippen LogP contribution in [0.3, 0.4) is 0 Å². The van der Waals surface area contributed by atoms with Gasteiger partial charge in [0.05, 0.1) is 6.61 Å². The van der Waals surface area contributed by atoms with E-state index in [0.29, 0.717) is 34.6 Å². The highest BCUT2D eigenvalue weighted by molar-refractivity contribution is 7.98. The maximum absolute atomic E-state index is 14.0.